The molecule has 2 atom stereocenters. The largest absolute Gasteiger partial charge is 0.338 e. The lowest BCUT2D eigenvalue weighted by atomic mass is 9.92. The molecule has 2 unspecified atom stereocenters. The van der Waals surface area contributed by atoms with Gasteiger partial charge < -0.3 is 10.2 Å². The monoisotopic (exact) mass is 240 g/mol. The first-order valence-corrected chi connectivity index (χ1v) is 7.01. The van der Waals surface area contributed by atoms with Crippen LogP contribution in [-0.2, 0) is 0 Å². The van der Waals surface area contributed by atoms with E-state index in [1.165, 1.54) is 12.8 Å². The highest BCUT2D eigenvalue weighted by Crippen LogP contribution is 2.20. The van der Waals surface area contributed by atoms with Gasteiger partial charge >= 0.3 is 6.03 Å². The van der Waals surface area contributed by atoms with E-state index in [0.29, 0.717) is 11.8 Å². The van der Waals surface area contributed by atoms with Gasteiger partial charge in [-0.1, -0.05) is 27.7 Å². The van der Waals surface area contributed by atoms with Crippen LogP contribution < -0.4 is 5.32 Å². The van der Waals surface area contributed by atoms with E-state index in [1.807, 2.05) is 4.90 Å². The van der Waals surface area contributed by atoms with Crippen LogP contribution in [0.4, 0.5) is 4.79 Å². The normalized spacial score (nSPS) is 25.1. The summed E-state index contributed by atoms with van der Waals surface area (Å²) in [5, 5.41) is 3.04. The van der Waals surface area contributed by atoms with Gasteiger partial charge in [-0.15, -0.1) is 0 Å². The molecule has 0 radical (unpaired) electrons. The van der Waals surface area contributed by atoms with Crippen molar-refractivity contribution in [2.75, 3.05) is 19.6 Å². The second-order valence-corrected chi connectivity index (χ2v) is 6.12. The third-order valence-electron chi connectivity index (χ3n) is 3.39. The number of carbonyl (C=O) groups excluding carboxylic acids is 1. The quantitative estimate of drug-likeness (QED) is 0.752. The van der Waals surface area contributed by atoms with Crippen molar-refractivity contribution in [3.05, 3.63) is 0 Å². The van der Waals surface area contributed by atoms with Gasteiger partial charge in [-0.3, -0.25) is 0 Å². The lowest BCUT2D eigenvalue weighted by Crippen LogP contribution is -2.47. The summed E-state index contributed by atoms with van der Waals surface area (Å²) in [7, 11) is 0. The summed E-state index contributed by atoms with van der Waals surface area (Å²) in [6.07, 6.45) is 3.52. The Hall–Kier alpha value is -0.730. The second kappa shape index (κ2) is 6.87. The highest BCUT2D eigenvalue weighted by atomic mass is 16.2. The molecule has 0 spiro atoms. The molecule has 1 aliphatic rings. The first-order valence-electron chi connectivity index (χ1n) is 7.01. The predicted octanol–water partition coefficient (Wildman–Crippen LogP) is 3.11. The third kappa shape index (κ3) is 5.42. The first kappa shape index (κ1) is 14.3. The maximum atomic E-state index is 11.9. The molecule has 1 fully saturated rings. The molecular weight excluding hydrogens is 212 g/mol. The topological polar surface area (TPSA) is 32.3 Å². The van der Waals surface area contributed by atoms with Crippen molar-refractivity contribution in [3.63, 3.8) is 0 Å². The Labute approximate surface area is 106 Å². The molecule has 100 valence electrons. The summed E-state index contributed by atoms with van der Waals surface area (Å²) in [4.78, 5) is 13.9. The van der Waals surface area contributed by atoms with Crippen LogP contribution in [0.25, 0.3) is 0 Å². The standard InChI is InChI=1S/C14H28N2O/c1-11(2)6-5-7-15-14(17)16-9-12(3)8-13(4)10-16/h11-13H,5-10H2,1-4H3,(H,15,17). The molecule has 1 aliphatic heterocycles. The molecular formula is C14H28N2O. The fraction of sp³-hybridized carbons (Fsp3) is 0.929. The molecule has 0 aromatic carbocycles. The van der Waals surface area contributed by atoms with E-state index < -0.39 is 0 Å². The fourth-order valence-electron chi connectivity index (χ4n) is 2.65. The number of nitrogens with one attached hydrogen (secondary N) is 1. The molecule has 1 heterocycles. The number of carbonyl (C=O) groups is 1. The van der Waals surface area contributed by atoms with Crippen LogP contribution in [0.3, 0.4) is 0 Å². The highest BCUT2D eigenvalue weighted by molar-refractivity contribution is 5.74. The van der Waals surface area contributed by atoms with Crippen LogP contribution in [0.5, 0.6) is 0 Å². The highest BCUT2D eigenvalue weighted by Gasteiger charge is 2.24. The maximum absolute atomic E-state index is 11.9. The van der Waals surface area contributed by atoms with Crippen molar-refractivity contribution >= 4 is 6.03 Å². The number of amides is 2. The van der Waals surface area contributed by atoms with Gasteiger partial charge in [-0.2, -0.15) is 0 Å². The Kier molecular flexibility index (Phi) is 5.79. The zero-order valence-electron chi connectivity index (χ0n) is 11.8. The van der Waals surface area contributed by atoms with E-state index in [9.17, 15) is 4.79 Å². The van der Waals surface area contributed by atoms with Crippen molar-refractivity contribution in [2.45, 2.75) is 47.0 Å². The van der Waals surface area contributed by atoms with Gasteiger partial charge in [-0.05, 0) is 37.0 Å². The smallest absolute Gasteiger partial charge is 0.317 e. The van der Waals surface area contributed by atoms with Gasteiger partial charge in [0.1, 0.15) is 0 Å². The molecule has 3 heteroatoms. The van der Waals surface area contributed by atoms with E-state index in [1.54, 1.807) is 0 Å². The molecule has 3 nitrogen and oxygen atoms in total. The number of hydrogen-bond acceptors (Lipinski definition) is 1. The first-order chi connectivity index (χ1) is 7.99. The summed E-state index contributed by atoms with van der Waals surface area (Å²) in [6, 6.07) is 0.132. The van der Waals surface area contributed by atoms with E-state index in [2.05, 4.69) is 33.0 Å². The molecule has 0 aromatic heterocycles. The van der Waals surface area contributed by atoms with Gasteiger partial charge in [0.25, 0.3) is 0 Å². The molecule has 1 N–H and O–H groups in total. The Morgan fingerprint density at radius 3 is 2.41 bits per heavy atom. The second-order valence-electron chi connectivity index (χ2n) is 6.12. The van der Waals surface area contributed by atoms with Gasteiger partial charge in [-0.25, -0.2) is 4.79 Å². The van der Waals surface area contributed by atoms with Crippen molar-refractivity contribution in [3.8, 4) is 0 Å². The van der Waals surface area contributed by atoms with Gasteiger partial charge in [0, 0.05) is 19.6 Å². The van der Waals surface area contributed by atoms with E-state index in [0.717, 1.165) is 32.0 Å². The third-order valence-corrected chi connectivity index (χ3v) is 3.39. The Bertz CT molecular complexity index is 230. The van der Waals surface area contributed by atoms with Gasteiger partial charge in [0.15, 0.2) is 0 Å². The minimum atomic E-state index is 0.132. The number of nitrogens with zero attached hydrogens (tertiary/aromatic N) is 1. The number of hydrogen-bond donors (Lipinski definition) is 1. The minimum absolute atomic E-state index is 0.132. The molecule has 0 saturated carbocycles. The maximum Gasteiger partial charge on any atom is 0.317 e. The number of urea groups is 1. The summed E-state index contributed by atoms with van der Waals surface area (Å²) in [6.45, 7) is 11.5. The van der Waals surface area contributed by atoms with Gasteiger partial charge in [0.2, 0.25) is 0 Å². The van der Waals surface area contributed by atoms with Crippen LogP contribution in [0, 0.1) is 17.8 Å². The average Bonchev–Trinajstić information content (AvgIpc) is 2.22. The molecule has 0 aliphatic carbocycles. The fourth-order valence-corrected chi connectivity index (χ4v) is 2.65. The van der Waals surface area contributed by atoms with Crippen molar-refractivity contribution < 1.29 is 4.79 Å². The lowest BCUT2D eigenvalue weighted by molar-refractivity contribution is 0.146. The van der Waals surface area contributed by atoms with E-state index in [-0.39, 0.29) is 6.03 Å². The number of likely N-dealkylation sites (tertiary alicyclic amines) is 1. The SMILES string of the molecule is CC(C)CCCNC(=O)N1CC(C)CC(C)C1. The van der Waals surface area contributed by atoms with Crippen molar-refractivity contribution in [1.29, 1.82) is 0 Å². The van der Waals surface area contributed by atoms with Crippen LogP contribution in [-0.4, -0.2) is 30.6 Å². The summed E-state index contributed by atoms with van der Waals surface area (Å²) in [5.41, 5.74) is 0. The van der Waals surface area contributed by atoms with Crippen LogP contribution in [0.1, 0.15) is 47.0 Å². The summed E-state index contributed by atoms with van der Waals surface area (Å²) in [5.74, 6) is 2.00. The molecule has 1 saturated heterocycles. The Morgan fingerprint density at radius 1 is 1.29 bits per heavy atom. The molecule has 0 aromatic rings. The van der Waals surface area contributed by atoms with Crippen molar-refractivity contribution in [2.24, 2.45) is 17.8 Å². The number of piperidine rings is 1. The predicted molar refractivity (Wildman–Crippen MR) is 72.0 cm³/mol. The summed E-state index contributed by atoms with van der Waals surface area (Å²) < 4.78 is 0. The number of rotatable bonds is 4. The summed E-state index contributed by atoms with van der Waals surface area (Å²) >= 11 is 0. The minimum Gasteiger partial charge on any atom is -0.338 e. The van der Waals surface area contributed by atoms with Crippen LogP contribution in [0.15, 0.2) is 0 Å². The van der Waals surface area contributed by atoms with Gasteiger partial charge in [0.05, 0.1) is 0 Å². The Balaban J connectivity index is 2.22. The zero-order valence-corrected chi connectivity index (χ0v) is 11.8. The zero-order chi connectivity index (χ0) is 12.8. The molecule has 17 heavy (non-hydrogen) atoms. The Morgan fingerprint density at radius 2 is 1.88 bits per heavy atom. The van der Waals surface area contributed by atoms with Crippen molar-refractivity contribution in [1.82, 2.24) is 10.2 Å². The molecule has 0 bridgehead atoms. The van der Waals surface area contributed by atoms with E-state index in [4.69, 9.17) is 0 Å². The molecule has 1 rings (SSSR count). The van der Waals surface area contributed by atoms with Crippen LogP contribution >= 0.6 is 0 Å². The lowest BCUT2D eigenvalue weighted by Gasteiger charge is -2.34. The average molecular weight is 240 g/mol. The van der Waals surface area contributed by atoms with E-state index >= 15 is 0 Å². The molecule has 2 amide bonds. The van der Waals surface area contributed by atoms with Crippen LogP contribution in [0.2, 0.25) is 0 Å².